The number of nitrogens with one attached hydrogen (secondary N) is 3. The Morgan fingerprint density at radius 1 is 1.26 bits per heavy atom. The van der Waals surface area contributed by atoms with Crippen molar-refractivity contribution in [3.8, 4) is 0 Å². The molecule has 0 radical (unpaired) electrons. The number of hydrogen-bond donors (Lipinski definition) is 3. The van der Waals surface area contributed by atoms with Crippen molar-refractivity contribution >= 4 is 17.3 Å². The second kappa shape index (κ2) is 5.96. The Kier molecular flexibility index (Phi) is 4.72. The van der Waals surface area contributed by atoms with Crippen molar-refractivity contribution in [1.82, 2.24) is 10.6 Å². The van der Waals surface area contributed by atoms with Crippen LogP contribution in [-0.2, 0) is 0 Å². The second-order valence-corrected chi connectivity index (χ2v) is 8.06. The molecule has 0 aliphatic heterocycles. The Morgan fingerprint density at radius 3 is 2.53 bits per heavy atom. The Labute approximate surface area is 123 Å². The van der Waals surface area contributed by atoms with E-state index in [0.29, 0.717) is 6.04 Å². The zero-order valence-electron chi connectivity index (χ0n) is 12.9. The fraction of sp³-hybridized carbons (Fsp3) is 0.933. The summed E-state index contributed by atoms with van der Waals surface area (Å²) in [6.45, 7) is 6.70. The van der Waals surface area contributed by atoms with E-state index in [0.717, 1.165) is 30.0 Å². The summed E-state index contributed by atoms with van der Waals surface area (Å²) in [4.78, 5) is 1.48. The van der Waals surface area contributed by atoms with Crippen LogP contribution in [0.2, 0.25) is 0 Å². The Bertz CT molecular complexity index is 327. The molecule has 2 fully saturated rings. The molecule has 0 amide bonds. The molecule has 0 heterocycles. The summed E-state index contributed by atoms with van der Waals surface area (Å²) in [6.07, 6.45) is 5.61. The van der Waals surface area contributed by atoms with Gasteiger partial charge in [0.2, 0.25) is 0 Å². The lowest BCUT2D eigenvalue weighted by molar-refractivity contribution is -0.865. The molecule has 0 spiro atoms. The molecule has 2 saturated carbocycles. The highest BCUT2D eigenvalue weighted by Gasteiger charge is 2.39. The average Bonchev–Trinajstić information content (AvgIpc) is 2.86. The van der Waals surface area contributed by atoms with Crippen molar-refractivity contribution in [2.24, 2.45) is 17.3 Å². The van der Waals surface area contributed by atoms with Gasteiger partial charge in [0.25, 0.3) is 0 Å². The zero-order valence-corrected chi connectivity index (χ0v) is 13.7. The van der Waals surface area contributed by atoms with Crippen LogP contribution in [0.25, 0.3) is 0 Å². The molecule has 3 N–H and O–H groups in total. The fourth-order valence-corrected chi connectivity index (χ4v) is 4.20. The average molecular weight is 284 g/mol. The molecule has 3 atom stereocenters. The van der Waals surface area contributed by atoms with E-state index in [9.17, 15) is 0 Å². The van der Waals surface area contributed by atoms with Crippen LogP contribution in [0, 0.1) is 17.3 Å². The van der Waals surface area contributed by atoms with E-state index in [4.69, 9.17) is 12.2 Å². The first kappa shape index (κ1) is 15.0. The highest BCUT2D eigenvalue weighted by Crippen LogP contribution is 2.44. The van der Waals surface area contributed by atoms with Crippen LogP contribution in [-0.4, -0.2) is 38.3 Å². The summed E-state index contributed by atoms with van der Waals surface area (Å²) in [5.41, 5.74) is 0.277. The minimum absolute atomic E-state index is 0.277. The molecule has 19 heavy (non-hydrogen) atoms. The van der Waals surface area contributed by atoms with Gasteiger partial charge in [-0.25, -0.2) is 0 Å². The first-order valence-electron chi connectivity index (χ1n) is 7.69. The molecule has 3 nitrogen and oxygen atoms in total. The predicted molar refractivity (Wildman–Crippen MR) is 84.4 cm³/mol. The summed E-state index contributed by atoms with van der Waals surface area (Å²) >= 11 is 5.46. The van der Waals surface area contributed by atoms with Gasteiger partial charge in [-0.2, -0.15) is 0 Å². The summed E-state index contributed by atoms with van der Waals surface area (Å²) in [6, 6.07) is 0.640. The van der Waals surface area contributed by atoms with Crippen LogP contribution in [0.4, 0.5) is 0 Å². The van der Waals surface area contributed by atoms with Gasteiger partial charge in [-0.1, -0.05) is 20.3 Å². The van der Waals surface area contributed by atoms with Crippen molar-refractivity contribution < 1.29 is 4.90 Å². The third-order valence-corrected chi connectivity index (χ3v) is 4.88. The lowest BCUT2D eigenvalue weighted by atomic mass is 9.93. The molecule has 2 aliphatic carbocycles. The number of fused-ring (bicyclic) bond motifs is 2. The molecule has 0 saturated heterocycles. The van der Waals surface area contributed by atoms with E-state index in [1.165, 1.54) is 30.6 Å². The maximum absolute atomic E-state index is 5.46. The third-order valence-electron chi connectivity index (χ3n) is 4.61. The molecule has 2 bridgehead atoms. The van der Waals surface area contributed by atoms with Gasteiger partial charge in [0.15, 0.2) is 5.11 Å². The molecule has 0 aromatic rings. The quantitative estimate of drug-likeness (QED) is 0.653. The predicted octanol–water partition coefficient (Wildman–Crippen LogP) is 0.810. The summed E-state index contributed by atoms with van der Waals surface area (Å²) < 4.78 is 0. The Hall–Kier alpha value is -0.350. The number of hydrogen-bond acceptors (Lipinski definition) is 1. The van der Waals surface area contributed by atoms with E-state index in [2.05, 4.69) is 38.6 Å². The maximum Gasteiger partial charge on any atom is 0.166 e. The maximum atomic E-state index is 5.46. The lowest BCUT2D eigenvalue weighted by Crippen LogP contribution is -3.07. The molecule has 110 valence electrons. The van der Waals surface area contributed by atoms with Crippen molar-refractivity contribution in [3.63, 3.8) is 0 Å². The minimum Gasteiger partial charge on any atom is -0.362 e. The van der Waals surface area contributed by atoms with Gasteiger partial charge >= 0.3 is 0 Å². The number of rotatable bonds is 5. The van der Waals surface area contributed by atoms with Crippen LogP contribution in [0.3, 0.4) is 0 Å². The van der Waals surface area contributed by atoms with Gasteiger partial charge in [0.1, 0.15) is 0 Å². The zero-order chi connectivity index (χ0) is 14.0. The first-order chi connectivity index (χ1) is 8.85. The fourth-order valence-electron chi connectivity index (χ4n) is 3.98. The monoisotopic (exact) mass is 284 g/mol. The third kappa shape index (κ3) is 4.32. The molecule has 0 aromatic heterocycles. The molecule has 2 aliphatic rings. The molecular formula is C15H30N3S+. The highest BCUT2D eigenvalue weighted by molar-refractivity contribution is 7.80. The summed E-state index contributed by atoms with van der Waals surface area (Å²) in [7, 11) is 4.40. The van der Waals surface area contributed by atoms with Gasteiger partial charge in [-0.3, -0.25) is 0 Å². The molecule has 0 aromatic carbocycles. The van der Waals surface area contributed by atoms with E-state index >= 15 is 0 Å². The van der Waals surface area contributed by atoms with Crippen molar-refractivity contribution in [3.05, 3.63) is 0 Å². The van der Waals surface area contributed by atoms with Crippen LogP contribution in [0.5, 0.6) is 0 Å². The van der Waals surface area contributed by atoms with Gasteiger partial charge in [-0.15, -0.1) is 0 Å². The number of quaternary nitrogens is 1. The topological polar surface area (TPSA) is 28.5 Å². The largest absolute Gasteiger partial charge is 0.362 e. The molecule has 2 rings (SSSR count). The van der Waals surface area contributed by atoms with Gasteiger partial charge in [0, 0.05) is 18.0 Å². The standard InChI is InChI=1S/C15H29N3S/c1-15(2,10-18(3)4)9-16-14(19)17-13-8-11-5-6-12(13)7-11/h11-13H,5-10H2,1-4H3,(H2,16,17,19)/p+1/t11-,12+,13-/m1/s1. The normalized spacial score (nSPS) is 29.8. The van der Waals surface area contributed by atoms with Gasteiger partial charge in [-0.05, 0) is 43.3 Å². The first-order valence-corrected chi connectivity index (χ1v) is 8.10. The molecular weight excluding hydrogens is 254 g/mol. The second-order valence-electron chi connectivity index (χ2n) is 7.66. The van der Waals surface area contributed by atoms with E-state index in [1.54, 1.807) is 0 Å². The van der Waals surface area contributed by atoms with Crippen LogP contribution in [0.1, 0.15) is 39.5 Å². The van der Waals surface area contributed by atoms with Crippen molar-refractivity contribution in [1.29, 1.82) is 0 Å². The van der Waals surface area contributed by atoms with Crippen LogP contribution in [0.15, 0.2) is 0 Å². The molecule has 4 heteroatoms. The number of thiocarbonyl (C=S) groups is 1. The highest BCUT2D eigenvalue weighted by atomic mass is 32.1. The van der Waals surface area contributed by atoms with Gasteiger partial charge in [0.05, 0.1) is 20.6 Å². The van der Waals surface area contributed by atoms with Crippen LogP contribution < -0.4 is 15.5 Å². The minimum atomic E-state index is 0.277. The SMILES string of the molecule is C[NH+](C)CC(C)(C)CNC(=S)N[C@@H]1C[C@@H]2CC[C@H]1C2. The van der Waals surface area contributed by atoms with E-state index in [1.807, 2.05) is 0 Å². The van der Waals surface area contributed by atoms with Gasteiger partial charge < -0.3 is 15.5 Å². The van der Waals surface area contributed by atoms with Crippen molar-refractivity contribution in [2.75, 3.05) is 27.2 Å². The lowest BCUT2D eigenvalue weighted by Gasteiger charge is -2.29. The molecule has 0 unspecified atom stereocenters. The van der Waals surface area contributed by atoms with E-state index in [-0.39, 0.29) is 5.41 Å². The van der Waals surface area contributed by atoms with Crippen molar-refractivity contribution in [2.45, 2.75) is 45.6 Å². The Balaban J connectivity index is 1.70. The summed E-state index contributed by atoms with van der Waals surface area (Å²) in [5.74, 6) is 1.85. The van der Waals surface area contributed by atoms with Crippen LogP contribution >= 0.6 is 12.2 Å². The van der Waals surface area contributed by atoms with E-state index < -0.39 is 0 Å². The smallest absolute Gasteiger partial charge is 0.166 e. The summed E-state index contributed by atoms with van der Waals surface area (Å²) in [5, 5.41) is 7.83. The Morgan fingerprint density at radius 2 is 2.00 bits per heavy atom.